The van der Waals surface area contributed by atoms with Gasteiger partial charge in [-0.25, -0.2) is 0 Å². The number of piperidine rings is 1. The number of nitrogens with one attached hydrogen (secondary N) is 1. The van der Waals surface area contributed by atoms with E-state index < -0.39 is 5.60 Å². The maximum absolute atomic E-state index is 11.1. The highest BCUT2D eigenvalue weighted by Crippen LogP contribution is 2.55. The number of hydrogen-bond donors (Lipinski definition) is 3. The lowest BCUT2D eigenvalue weighted by atomic mass is 9.49. The van der Waals surface area contributed by atoms with E-state index in [0.717, 1.165) is 44.6 Å². The van der Waals surface area contributed by atoms with E-state index in [2.05, 4.69) is 19.2 Å². The van der Waals surface area contributed by atoms with Crippen LogP contribution in [0.2, 0.25) is 0 Å². The number of rotatable bonds is 1. The molecule has 3 rings (SSSR count). The van der Waals surface area contributed by atoms with E-state index in [0.29, 0.717) is 5.41 Å². The summed E-state index contributed by atoms with van der Waals surface area (Å²) in [4.78, 5) is 0. The first-order valence-corrected chi connectivity index (χ1v) is 7.09. The minimum atomic E-state index is -0.667. The summed E-state index contributed by atoms with van der Waals surface area (Å²) in [5.41, 5.74) is 5.83. The maximum Gasteiger partial charge on any atom is 0.0978 e. The summed E-state index contributed by atoms with van der Waals surface area (Å²) in [6.45, 7) is 5.56. The van der Waals surface area contributed by atoms with Crippen molar-refractivity contribution in [3.05, 3.63) is 0 Å². The molecule has 3 nitrogen and oxygen atoms in total. The Morgan fingerprint density at radius 1 is 1.24 bits per heavy atom. The van der Waals surface area contributed by atoms with Gasteiger partial charge in [-0.1, -0.05) is 13.8 Å². The molecule has 3 atom stereocenters. The van der Waals surface area contributed by atoms with Gasteiger partial charge in [-0.3, -0.25) is 0 Å². The van der Waals surface area contributed by atoms with Crippen LogP contribution in [-0.2, 0) is 0 Å². The van der Waals surface area contributed by atoms with Crippen LogP contribution in [0.25, 0.3) is 0 Å². The van der Waals surface area contributed by atoms with Crippen molar-refractivity contribution in [2.75, 3.05) is 6.54 Å². The summed E-state index contributed by atoms with van der Waals surface area (Å²) in [6.07, 6.45) is 6.36. The van der Waals surface area contributed by atoms with Gasteiger partial charge in [0.25, 0.3) is 0 Å². The zero-order valence-corrected chi connectivity index (χ0v) is 11.1. The highest BCUT2D eigenvalue weighted by molar-refractivity contribution is 5.20. The third-order valence-electron chi connectivity index (χ3n) is 5.47. The molecule has 0 aromatic carbocycles. The predicted octanol–water partition coefficient (Wildman–Crippen LogP) is 1.40. The molecule has 98 valence electrons. The van der Waals surface area contributed by atoms with E-state index in [1.165, 1.54) is 6.42 Å². The van der Waals surface area contributed by atoms with E-state index in [4.69, 9.17) is 5.73 Å². The molecule has 2 saturated carbocycles. The first-order chi connectivity index (χ1) is 7.85. The van der Waals surface area contributed by atoms with Gasteiger partial charge in [-0.05, 0) is 56.4 Å². The van der Waals surface area contributed by atoms with Crippen LogP contribution < -0.4 is 11.1 Å². The van der Waals surface area contributed by atoms with Crippen molar-refractivity contribution < 1.29 is 5.11 Å². The molecule has 0 radical (unpaired) electrons. The molecular weight excluding hydrogens is 212 g/mol. The maximum atomic E-state index is 11.1. The Labute approximate surface area is 104 Å². The van der Waals surface area contributed by atoms with Crippen molar-refractivity contribution in [1.82, 2.24) is 5.32 Å². The van der Waals surface area contributed by atoms with Crippen molar-refractivity contribution in [2.45, 2.75) is 69.6 Å². The molecule has 0 aromatic heterocycles. The van der Waals surface area contributed by atoms with Gasteiger partial charge in [0.2, 0.25) is 0 Å². The van der Waals surface area contributed by atoms with Crippen LogP contribution in [0.5, 0.6) is 0 Å². The van der Waals surface area contributed by atoms with E-state index in [1.54, 1.807) is 0 Å². The van der Waals surface area contributed by atoms with Crippen molar-refractivity contribution in [3.8, 4) is 0 Å². The zero-order chi connectivity index (χ0) is 12.3. The van der Waals surface area contributed by atoms with E-state index in [-0.39, 0.29) is 11.6 Å². The number of nitrogens with two attached hydrogens (primary N) is 1. The Bertz CT molecular complexity index is 320. The Kier molecular flexibility index (Phi) is 2.43. The molecule has 3 unspecified atom stereocenters. The first kappa shape index (κ1) is 11.9. The van der Waals surface area contributed by atoms with Gasteiger partial charge in [0.15, 0.2) is 0 Å². The standard InChI is InChI=1S/C14H26N2O/c1-12(2)8-13(15,9-12)14(17)5-3-10-4-6-16-11(14)7-10/h10-11,16-17H,3-9,15H2,1-2H3. The molecule has 0 spiro atoms. The summed E-state index contributed by atoms with van der Waals surface area (Å²) < 4.78 is 0. The summed E-state index contributed by atoms with van der Waals surface area (Å²) >= 11 is 0. The lowest BCUT2D eigenvalue weighted by Gasteiger charge is -2.63. The number of hydrogen-bond acceptors (Lipinski definition) is 3. The highest BCUT2D eigenvalue weighted by atomic mass is 16.3. The molecular formula is C14H26N2O. The number of aliphatic hydroxyl groups is 1. The topological polar surface area (TPSA) is 58.3 Å². The minimum absolute atomic E-state index is 0.232. The Morgan fingerprint density at radius 2 is 1.94 bits per heavy atom. The highest BCUT2D eigenvalue weighted by Gasteiger charge is 2.62. The third-order valence-corrected chi connectivity index (χ3v) is 5.47. The molecule has 3 aliphatic rings. The van der Waals surface area contributed by atoms with Crippen molar-refractivity contribution >= 4 is 0 Å². The van der Waals surface area contributed by atoms with Crippen LogP contribution >= 0.6 is 0 Å². The molecule has 3 heteroatoms. The second-order valence-electron chi connectivity index (χ2n) is 7.53. The fourth-order valence-electron chi connectivity index (χ4n) is 4.78. The molecule has 2 bridgehead atoms. The van der Waals surface area contributed by atoms with Gasteiger partial charge in [-0.2, -0.15) is 0 Å². The van der Waals surface area contributed by atoms with Gasteiger partial charge in [0.1, 0.15) is 0 Å². The van der Waals surface area contributed by atoms with Crippen LogP contribution in [0, 0.1) is 11.3 Å². The average molecular weight is 238 g/mol. The second kappa shape index (κ2) is 3.46. The number of fused-ring (bicyclic) bond motifs is 2. The van der Waals surface area contributed by atoms with Crippen LogP contribution in [0.15, 0.2) is 0 Å². The largest absolute Gasteiger partial charge is 0.386 e. The van der Waals surface area contributed by atoms with Crippen LogP contribution in [0.3, 0.4) is 0 Å². The average Bonchev–Trinajstić information content (AvgIpc) is 2.22. The molecule has 2 aliphatic carbocycles. The first-order valence-electron chi connectivity index (χ1n) is 7.09. The van der Waals surface area contributed by atoms with Crippen LogP contribution in [0.4, 0.5) is 0 Å². The molecule has 1 heterocycles. The second-order valence-corrected chi connectivity index (χ2v) is 7.53. The SMILES string of the molecule is CC1(C)CC(N)(C2(O)CCC3CCNC2C3)C1. The Hall–Kier alpha value is -0.120. The smallest absolute Gasteiger partial charge is 0.0978 e. The van der Waals surface area contributed by atoms with Gasteiger partial charge in [0, 0.05) is 11.6 Å². The van der Waals surface area contributed by atoms with Crippen LogP contribution in [-0.4, -0.2) is 28.8 Å². The predicted molar refractivity (Wildman–Crippen MR) is 68.6 cm³/mol. The quantitative estimate of drug-likeness (QED) is 0.647. The van der Waals surface area contributed by atoms with Gasteiger partial charge in [-0.15, -0.1) is 0 Å². The molecule has 3 fully saturated rings. The Morgan fingerprint density at radius 3 is 2.59 bits per heavy atom. The Balaban J connectivity index is 1.81. The molecule has 1 aliphatic heterocycles. The van der Waals surface area contributed by atoms with Crippen molar-refractivity contribution in [2.24, 2.45) is 17.1 Å². The molecule has 0 aromatic rings. The summed E-state index contributed by atoms with van der Waals surface area (Å²) in [6, 6.07) is 0.232. The zero-order valence-electron chi connectivity index (χ0n) is 11.1. The molecule has 0 amide bonds. The normalized spacial score (nSPS) is 47.3. The summed E-state index contributed by atoms with van der Waals surface area (Å²) in [7, 11) is 0. The fourth-order valence-corrected chi connectivity index (χ4v) is 4.78. The van der Waals surface area contributed by atoms with Gasteiger partial charge in [0.05, 0.1) is 5.60 Å². The van der Waals surface area contributed by atoms with E-state index in [1.807, 2.05) is 0 Å². The van der Waals surface area contributed by atoms with Crippen molar-refractivity contribution in [3.63, 3.8) is 0 Å². The van der Waals surface area contributed by atoms with Crippen LogP contribution in [0.1, 0.15) is 52.4 Å². The van der Waals surface area contributed by atoms with Gasteiger partial charge >= 0.3 is 0 Å². The summed E-state index contributed by atoms with van der Waals surface area (Å²) in [5, 5.41) is 14.6. The lowest BCUT2D eigenvalue weighted by Crippen LogP contribution is -2.77. The third kappa shape index (κ3) is 1.66. The fraction of sp³-hybridized carbons (Fsp3) is 1.00. The van der Waals surface area contributed by atoms with E-state index in [9.17, 15) is 5.11 Å². The van der Waals surface area contributed by atoms with Crippen molar-refractivity contribution in [1.29, 1.82) is 0 Å². The minimum Gasteiger partial charge on any atom is -0.386 e. The van der Waals surface area contributed by atoms with Gasteiger partial charge < -0.3 is 16.2 Å². The van der Waals surface area contributed by atoms with E-state index >= 15 is 0 Å². The summed E-state index contributed by atoms with van der Waals surface area (Å²) in [5.74, 6) is 0.818. The molecule has 4 N–H and O–H groups in total. The lowest BCUT2D eigenvalue weighted by molar-refractivity contribution is -0.161. The monoisotopic (exact) mass is 238 g/mol. The molecule has 17 heavy (non-hydrogen) atoms. The molecule has 1 saturated heterocycles.